The van der Waals surface area contributed by atoms with E-state index in [1.807, 2.05) is 4.57 Å². The highest BCUT2D eigenvalue weighted by Crippen LogP contribution is 2.47. The molecule has 2 rings (SSSR count). The second-order valence-corrected chi connectivity index (χ2v) is 4.42. The van der Waals surface area contributed by atoms with Crippen LogP contribution in [0.25, 0.3) is 0 Å². The lowest BCUT2D eigenvalue weighted by Crippen LogP contribution is -2.31. The molecular weight excluding hydrogens is 164 g/mol. The summed E-state index contributed by atoms with van der Waals surface area (Å²) in [4.78, 5) is 0. The molecule has 1 aromatic rings. The van der Waals surface area contributed by atoms with E-state index in [2.05, 4.69) is 24.0 Å². The summed E-state index contributed by atoms with van der Waals surface area (Å²) >= 11 is 0. The van der Waals surface area contributed by atoms with Crippen LogP contribution >= 0.6 is 0 Å². The average molecular weight is 180 g/mol. The molecule has 1 saturated carbocycles. The molecule has 72 valence electrons. The van der Waals surface area contributed by atoms with Crippen molar-refractivity contribution in [2.24, 2.45) is 17.6 Å². The smallest absolute Gasteiger partial charge is 0.119 e. The third-order valence-corrected chi connectivity index (χ3v) is 2.93. The zero-order valence-corrected chi connectivity index (χ0v) is 8.14. The Kier molecular flexibility index (Phi) is 1.87. The Morgan fingerprint density at radius 3 is 2.62 bits per heavy atom. The Morgan fingerprint density at radius 2 is 2.15 bits per heavy atom. The van der Waals surface area contributed by atoms with Gasteiger partial charge in [-0.25, -0.2) is 0 Å². The first kappa shape index (κ1) is 8.69. The Hall–Kier alpha value is -0.900. The van der Waals surface area contributed by atoms with Crippen molar-refractivity contribution in [2.45, 2.75) is 32.4 Å². The number of hydrogen-bond acceptors (Lipinski definition) is 3. The van der Waals surface area contributed by atoms with Crippen molar-refractivity contribution in [1.29, 1.82) is 0 Å². The lowest BCUT2D eigenvalue weighted by molar-refractivity contribution is 0.433. The van der Waals surface area contributed by atoms with E-state index in [1.165, 1.54) is 0 Å². The van der Waals surface area contributed by atoms with Crippen molar-refractivity contribution < 1.29 is 0 Å². The van der Waals surface area contributed by atoms with Gasteiger partial charge in [0, 0.05) is 12.1 Å². The summed E-state index contributed by atoms with van der Waals surface area (Å²) in [5, 5.41) is 7.52. The highest BCUT2D eigenvalue weighted by molar-refractivity contribution is 5.08. The quantitative estimate of drug-likeness (QED) is 0.743. The van der Waals surface area contributed by atoms with Gasteiger partial charge in [0.15, 0.2) is 0 Å². The molecule has 0 saturated heterocycles. The van der Waals surface area contributed by atoms with E-state index in [-0.39, 0.29) is 5.54 Å². The van der Waals surface area contributed by atoms with E-state index in [1.54, 1.807) is 12.7 Å². The molecule has 1 aliphatic rings. The summed E-state index contributed by atoms with van der Waals surface area (Å²) in [6, 6.07) is 0. The monoisotopic (exact) mass is 180 g/mol. The minimum Gasteiger partial charge on any atom is -0.323 e. The van der Waals surface area contributed by atoms with E-state index in [0.29, 0.717) is 11.8 Å². The first-order valence-electron chi connectivity index (χ1n) is 4.73. The zero-order valence-electron chi connectivity index (χ0n) is 8.14. The number of hydrogen-bond donors (Lipinski definition) is 1. The average Bonchev–Trinajstić information content (AvgIpc) is 2.50. The molecule has 0 aliphatic heterocycles. The molecule has 0 amide bonds. The highest BCUT2D eigenvalue weighted by Gasteiger charge is 2.52. The molecular formula is C9H16N4. The van der Waals surface area contributed by atoms with Gasteiger partial charge >= 0.3 is 0 Å². The van der Waals surface area contributed by atoms with Crippen LogP contribution in [0.4, 0.5) is 0 Å². The molecule has 0 radical (unpaired) electrons. The fourth-order valence-electron chi connectivity index (χ4n) is 2.08. The van der Waals surface area contributed by atoms with Gasteiger partial charge in [-0.05, 0) is 18.3 Å². The molecule has 1 aromatic heterocycles. The van der Waals surface area contributed by atoms with Gasteiger partial charge in [-0.2, -0.15) is 0 Å². The van der Waals surface area contributed by atoms with Gasteiger partial charge in [-0.1, -0.05) is 13.8 Å². The molecule has 0 aromatic carbocycles. The van der Waals surface area contributed by atoms with Crippen molar-refractivity contribution in [3.8, 4) is 0 Å². The number of aromatic nitrogens is 3. The van der Waals surface area contributed by atoms with E-state index >= 15 is 0 Å². The molecule has 4 nitrogen and oxygen atoms in total. The Balaban J connectivity index is 1.97. The van der Waals surface area contributed by atoms with Gasteiger partial charge in [0.05, 0.1) is 0 Å². The van der Waals surface area contributed by atoms with Crippen molar-refractivity contribution >= 4 is 0 Å². The maximum atomic E-state index is 6.21. The molecule has 0 spiro atoms. The van der Waals surface area contributed by atoms with Crippen LogP contribution in [-0.4, -0.2) is 20.3 Å². The number of nitrogens with zero attached hydrogens (tertiary/aromatic N) is 3. The summed E-state index contributed by atoms with van der Waals surface area (Å²) in [7, 11) is 0. The second kappa shape index (κ2) is 2.80. The van der Waals surface area contributed by atoms with Gasteiger partial charge in [0.2, 0.25) is 0 Å². The molecule has 1 heterocycles. The van der Waals surface area contributed by atoms with Gasteiger partial charge in [-0.15, -0.1) is 10.2 Å². The Labute approximate surface area is 78.1 Å². The third kappa shape index (κ3) is 1.58. The van der Waals surface area contributed by atoms with E-state index in [9.17, 15) is 0 Å². The van der Waals surface area contributed by atoms with Gasteiger partial charge in [-0.3, -0.25) is 0 Å². The normalized spacial score (nSPS) is 32.5. The van der Waals surface area contributed by atoms with Gasteiger partial charge in [0.25, 0.3) is 0 Å². The summed E-state index contributed by atoms with van der Waals surface area (Å²) in [6.45, 7) is 5.31. The molecule has 2 atom stereocenters. The van der Waals surface area contributed by atoms with E-state index in [4.69, 9.17) is 5.73 Å². The zero-order chi connectivity index (χ0) is 9.47. The molecule has 2 unspecified atom stereocenters. The molecule has 1 fully saturated rings. The first-order chi connectivity index (χ1) is 6.12. The molecule has 1 aliphatic carbocycles. The topological polar surface area (TPSA) is 56.7 Å². The highest BCUT2D eigenvalue weighted by atomic mass is 15.2. The van der Waals surface area contributed by atoms with Crippen molar-refractivity contribution in [3.05, 3.63) is 12.7 Å². The summed E-state index contributed by atoms with van der Waals surface area (Å²) in [6.07, 6.45) is 4.58. The standard InChI is InChI=1S/C9H16N4/c1-7(2)8-3-9(8,10)4-13-5-11-12-6-13/h5-8H,3-4,10H2,1-2H3. The molecule has 0 bridgehead atoms. The predicted octanol–water partition coefficient (Wildman–Crippen LogP) is 0.651. The van der Waals surface area contributed by atoms with Crippen LogP contribution in [-0.2, 0) is 6.54 Å². The first-order valence-corrected chi connectivity index (χ1v) is 4.73. The fraction of sp³-hybridized carbons (Fsp3) is 0.778. The van der Waals surface area contributed by atoms with Crippen LogP contribution in [0.15, 0.2) is 12.7 Å². The van der Waals surface area contributed by atoms with Crippen LogP contribution < -0.4 is 5.73 Å². The van der Waals surface area contributed by atoms with Crippen molar-refractivity contribution in [1.82, 2.24) is 14.8 Å². The van der Waals surface area contributed by atoms with Crippen molar-refractivity contribution in [2.75, 3.05) is 0 Å². The van der Waals surface area contributed by atoms with Crippen LogP contribution in [0.1, 0.15) is 20.3 Å². The maximum Gasteiger partial charge on any atom is 0.119 e. The van der Waals surface area contributed by atoms with Crippen LogP contribution in [0.3, 0.4) is 0 Å². The number of rotatable bonds is 3. The molecule has 2 N–H and O–H groups in total. The Bertz CT molecular complexity index is 280. The van der Waals surface area contributed by atoms with E-state index in [0.717, 1.165) is 13.0 Å². The molecule has 13 heavy (non-hydrogen) atoms. The second-order valence-electron chi connectivity index (χ2n) is 4.42. The van der Waals surface area contributed by atoms with E-state index < -0.39 is 0 Å². The number of nitrogens with two attached hydrogens (primary N) is 1. The lowest BCUT2D eigenvalue weighted by atomic mass is 10.0. The lowest BCUT2D eigenvalue weighted by Gasteiger charge is -2.13. The van der Waals surface area contributed by atoms with Gasteiger partial charge < -0.3 is 10.3 Å². The van der Waals surface area contributed by atoms with Gasteiger partial charge in [0.1, 0.15) is 12.7 Å². The summed E-state index contributed by atoms with van der Waals surface area (Å²) in [5.41, 5.74) is 6.20. The Morgan fingerprint density at radius 1 is 1.54 bits per heavy atom. The summed E-state index contributed by atoms with van der Waals surface area (Å²) in [5.74, 6) is 1.34. The minimum atomic E-state index is -0.00343. The SMILES string of the molecule is CC(C)C1CC1(N)Cn1cnnc1. The predicted molar refractivity (Wildman–Crippen MR) is 49.9 cm³/mol. The van der Waals surface area contributed by atoms with Crippen LogP contribution in [0, 0.1) is 11.8 Å². The van der Waals surface area contributed by atoms with Crippen molar-refractivity contribution in [3.63, 3.8) is 0 Å². The minimum absolute atomic E-state index is 0.00343. The summed E-state index contributed by atoms with van der Waals surface area (Å²) < 4.78 is 1.96. The fourth-order valence-corrected chi connectivity index (χ4v) is 2.08. The maximum absolute atomic E-state index is 6.21. The van der Waals surface area contributed by atoms with Crippen LogP contribution in [0.5, 0.6) is 0 Å². The molecule has 4 heteroatoms. The van der Waals surface area contributed by atoms with Crippen LogP contribution in [0.2, 0.25) is 0 Å². The largest absolute Gasteiger partial charge is 0.323 e. The third-order valence-electron chi connectivity index (χ3n) is 2.93.